The maximum absolute atomic E-state index is 12.2. The van der Waals surface area contributed by atoms with Gasteiger partial charge >= 0.3 is 0 Å². The highest BCUT2D eigenvalue weighted by Gasteiger charge is 2.13. The monoisotopic (exact) mass is 393 g/mol. The van der Waals surface area contributed by atoms with Crippen molar-refractivity contribution in [2.45, 2.75) is 24.3 Å². The molecular formula is C21H19N3O3S. The van der Waals surface area contributed by atoms with Crippen LogP contribution in [0.1, 0.15) is 27.6 Å². The average Bonchev–Trinajstić information content (AvgIpc) is 3.33. The molecule has 0 unspecified atom stereocenters. The van der Waals surface area contributed by atoms with E-state index in [1.165, 1.54) is 11.8 Å². The van der Waals surface area contributed by atoms with Crippen molar-refractivity contribution in [3.05, 3.63) is 77.5 Å². The van der Waals surface area contributed by atoms with E-state index in [0.717, 1.165) is 22.4 Å². The number of nitrogens with one attached hydrogen (secondary N) is 1. The minimum atomic E-state index is -0.232. The smallest absolute Gasteiger partial charge is 0.287 e. The van der Waals surface area contributed by atoms with Gasteiger partial charge in [0.05, 0.1) is 5.75 Å². The summed E-state index contributed by atoms with van der Waals surface area (Å²) in [6, 6.07) is 15.1. The molecule has 1 aromatic carbocycles. The zero-order valence-electron chi connectivity index (χ0n) is 15.3. The Balaban J connectivity index is 1.30. The molecule has 0 aliphatic carbocycles. The second kappa shape index (κ2) is 8.31. The van der Waals surface area contributed by atoms with E-state index in [9.17, 15) is 4.79 Å². The first-order chi connectivity index (χ1) is 13.7. The number of rotatable bonds is 7. The molecule has 0 atom stereocenters. The highest BCUT2D eigenvalue weighted by atomic mass is 32.2. The van der Waals surface area contributed by atoms with Gasteiger partial charge in [-0.05, 0) is 48.9 Å². The van der Waals surface area contributed by atoms with Gasteiger partial charge in [-0.1, -0.05) is 23.9 Å². The van der Waals surface area contributed by atoms with Gasteiger partial charge in [-0.15, -0.1) is 0 Å². The van der Waals surface area contributed by atoms with Crippen molar-refractivity contribution in [3.8, 4) is 0 Å². The highest BCUT2D eigenvalue weighted by Crippen LogP contribution is 2.27. The second-order valence-corrected chi connectivity index (χ2v) is 7.26. The van der Waals surface area contributed by atoms with Crippen LogP contribution in [0.2, 0.25) is 0 Å². The van der Waals surface area contributed by atoms with Crippen LogP contribution in [0, 0.1) is 6.92 Å². The molecule has 4 rings (SSSR count). The van der Waals surface area contributed by atoms with E-state index >= 15 is 0 Å². The van der Waals surface area contributed by atoms with Crippen LogP contribution in [0.15, 0.2) is 68.8 Å². The van der Waals surface area contributed by atoms with E-state index in [1.54, 1.807) is 18.3 Å². The number of pyridine rings is 1. The summed E-state index contributed by atoms with van der Waals surface area (Å²) in [7, 11) is 0. The number of thioether (sulfide) groups is 1. The number of carbonyl (C=O) groups is 1. The number of carbonyl (C=O) groups excluding carboxylic acids is 1. The number of furan rings is 1. The first-order valence-corrected chi connectivity index (χ1v) is 9.93. The third-order valence-corrected chi connectivity index (χ3v) is 4.99. The Labute approximate surface area is 166 Å². The molecule has 4 aromatic rings. The SMILES string of the molecule is Cc1ccc2oc(SCc3ccc(C(=O)NCCc4ccccn4)o3)nc2c1. The number of amides is 1. The van der Waals surface area contributed by atoms with Gasteiger partial charge in [0.2, 0.25) is 0 Å². The fourth-order valence-electron chi connectivity index (χ4n) is 2.73. The maximum atomic E-state index is 12.2. The number of aryl methyl sites for hydroxylation is 1. The van der Waals surface area contributed by atoms with Gasteiger partial charge in [-0.3, -0.25) is 9.78 Å². The number of aromatic nitrogens is 2. The van der Waals surface area contributed by atoms with Crippen LogP contribution in [0.5, 0.6) is 0 Å². The molecule has 0 radical (unpaired) electrons. The van der Waals surface area contributed by atoms with E-state index in [1.807, 2.05) is 43.3 Å². The molecule has 3 heterocycles. The Hall–Kier alpha value is -3.06. The van der Waals surface area contributed by atoms with Crippen LogP contribution < -0.4 is 5.32 Å². The number of oxazole rings is 1. The maximum Gasteiger partial charge on any atom is 0.287 e. The third kappa shape index (κ3) is 4.43. The average molecular weight is 393 g/mol. The first-order valence-electron chi connectivity index (χ1n) is 8.94. The minimum Gasteiger partial charge on any atom is -0.455 e. The number of hydrogen-bond acceptors (Lipinski definition) is 6. The lowest BCUT2D eigenvalue weighted by Crippen LogP contribution is -2.25. The molecule has 0 saturated carbocycles. The summed E-state index contributed by atoms with van der Waals surface area (Å²) in [5, 5.41) is 3.43. The van der Waals surface area contributed by atoms with Crippen molar-refractivity contribution >= 4 is 28.8 Å². The third-order valence-electron chi connectivity index (χ3n) is 4.14. The van der Waals surface area contributed by atoms with Crippen LogP contribution in [0.3, 0.4) is 0 Å². The van der Waals surface area contributed by atoms with Gasteiger partial charge in [-0.2, -0.15) is 0 Å². The zero-order valence-corrected chi connectivity index (χ0v) is 16.2. The Kier molecular flexibility index (Phi) is 5.43. The van der Waals surface area contributed by atoms with Gasteiger partial charge in [0.15, 0.2) is 11.3 Å². The lowest BCUT2D eigenvalue weighted by molar-refractivity contribution is 0.0925. The summed E-state index contributed by atoms with van der Waals surface area (Å²) in [5.74, 6) is 1.29. The normalized spacial score (nSPS) is 11.0. The Morgan fingerprint density at radius 1 is 1.14 bits per heavy atom. The predicted molar refractivity (Wildman–Crippen MR) is 107 cm³/mol. The van der Waals surface area contributed by atoms with Crippen molar-refractivity contribution in [1.82, 2.24) is 15.3 Å². The van der Waals surface area contributed by atoms with E-state index in [-0.39, 0.29) is 5.91 Å². The summed E-state index contributed by atoms with van der Waals surface area (Å²) in [6.07, 6.45) is 2.42. The van der Waals surface area contributed by atoms with E-state index in [2.05, 4.69) is 15.3 Å². The van der Waals surface area contributed by atoms with Crippen molar-refractivity contribution < 1.29 is 13.6 Å². The summed E-state index contributed by atoms with van der Waals surface area (Å²) >= 11 is 1.43. The molecule has 0 bridgehead atoms. The number of nitrogens with zero attached hydrogens (tertiary/aromatic N) is 2. The number of benzene rings is 1. The quantitative estimate of drug-likeness (QED) is 0.469. The van der Waals surface area contributed by atoms with Crippen molar-refractivity contribution in [1.29, 1.82) is 0 Å². The lowest BCUT2D eigenvalue weighted by Gasteiger charge is -2.02. The fraction of sp³-hybridized carbons (Fsp3) is 0.190. The molecule has 1 N–H and O–H groups in total. The van der Waals surface area contributed by atoms with Crippen LogP contribution in [0.4, 0.5) is 0 Å². The van der Waals surface area contributed by atoms with Crippen LogP contribution in [-0.2, 0) is 12.2 Å². The minimum absolute atomic E-state index is 0.232. The van der Waals surface area contributed by atoms with E-state index < -0.39 is 0 Å². The molecule has 142 valence electrons. The Bertz CT molecular complexity index is 1090. The van der Waals surface area contributed by atoms with E-state index in [0.29, 0.717) is 35.5 Å². The molecule has 0 saturated heterocycles. The summed E-state index contributed by atoms with van der Waals surface area (Å²) < 4.78 is 11.4. The largest absolute Gasteiger partial charge is 0.455 e. The molecule has 0 spiro atoms. The lowest BCUT2D eigenvalue weighted by atomic mass is 10.2. The zero-order chi connectivity index (χ0) is 19.3. The van der Waals surface area contributed by atoms with E-state index in [4.69, 9.17) is 8.83 Å². The van der Waals surface area contributed by atoms with Gasteiger partial charge in [0, 0.05) is 24.9 Å². The summed E-state index contributed by atoms with van der Waals surface area (Å²) in [6.45, 7) is 2.52. The molecule has 0 aliphatic heterocycles. The van der Waals surface area contributed by atoms with Crippen molar-refractivity contribution in [2.75, 3.05) is 6.54 Å². The molecule has 7 heteroatoms. The van der Waals surface area contributed by atoms with Gasteiger partial charge in [-0.25, -0.2) is 4.98 Å². The molecule has 0 fully saturated rings. The Morgan fingerprint density at radius 2 is 2.07 bits per heavy atom. The molecule has 0 aliphatic rings. The molecule has 28 heavy (non-hydrogen) atoms. The van der Waals surface area contributed by atoms with Crippen molar-refractivity contribution in [3.63, 3.8) is 0 Å². The summed E-state index contributed by atoms with van der Waals surface area (Å²) in [5.41, 5.74) is 3.69. The number of fused-ring (bicyclic) bond motifs is 1. The van der Waals surface area contributed by atoms with Gasteiger partial charge in [0.1, 0.15) is 11.3 Å². The second-order valence-electron chi connectivity index (χ2n) is 6.33. The predicted octanol–water partition coefficient (Wildman–Crippen LogP) is 4.39. The fourth-order valence-corrected chi connectivity index (χ4v) is 3.46. The highest BCUT2D eigenvalue weighted by molar-refractivity contribution is 7.98. The van der Waals surface area contributed by atoms with Crippen LogP contribution in [-0.4, -0.2) is 22.4 Å². The first kappa shape index (κ1) is 18.3. The standard InChI is InChI=1S/C21H19N3O3S/c1-14-5-7-18-17(12-14)24-21(27-18)28-13-16-6-8-19(26-16)20(25)23-11-9-15-4-2-3-10-22-15/h2-8,10,12H,9,11,13H2,1H3,(H,23,25). The Morgan fingerprint density at radius 3 is 2.93 bits per heavy atom. The molecular weight excluding hydrogens is 374 g/mol. The van der Waals surface area contributed by atoms with Crippen LogP contribution >= 0.6 is 11.8 Å². The molecule has 1 amide bonds. The van der Waals surface area contributed by atoms with Gasteiger partial charge < -0.3 is 14.2 Å². The summed E-state index contributed by atoms with van der Waals surface area (Å²) in [4.78, 5) is 20.9. The molecule has 6 nitrogen and oxygen atoms in total. The molecule has 3 aromatic heterocycles. The van der Waals surface area contributed by atoms with Crippen LogP contribution in [0.25, 0.3) is 11.1 Å². The van der Waals surface area contributed by atoms with Gasteiger partial charge in [0.25, 0.3) is 11.1 Å². The van der Waals surface area contributed by atoms with Crippen molar-refractivity contribution in [2.24, 2.45) is 0 Å². The topological polar surface area (TPSA) is 81.2 Å². The number of hydrogen-bond donors (Lipinski definition) is 1.